The Morgan fingerprint density at radius 3 is 2.46 bits per heavy atom. The molecule has 1 heterocycles. The van der Waals surface area contributed by atoms with Crippen molar-refractivity contribution in [2.45, 2.75) is 6.61 Å². The Hall–Kier alpha value is -3.73. The van der Waals surface area contributed by atoms with Crippen LogP contribution in [0.3, 0.4) is 0 Å². The summed E-state index contributed by atoms with van der Waals surface area (Å²) in [7, 11) is 0. The predicted molar refractivity (Wildman–Crippen MR) is 91.7 cm³/mol. The third-order valence-corrected chi connectivity index (χ3v) is 3.51. The van der Waals surface area contributed by atoms with Crippen LogP contribution in [0.1, 0.15) is 11.1 Å². The Labute approximate surface area is 147 Å². The summed E-state index contributed by atoms with van der Waals surface area (Å²) in [6, 6.07) is 11.8. The summed E-state index contributed by atoms with van der Waals surface area (Å²) in [6.07, 6.45) is 0. The Morgan fingerprint density at radius 2 is 1.77 bits per heavy atom. The third-order valence-electron chi connectivity index (χ3n) is 3.51. The number of benzene rings is 2. The van der Waals surface area contributed by atoms with Gasteiger partial charge in [0.25, 0.3) is 0 Å². The van der Waals surface area contributed by atoms with Crippen LogP contribution in [0, 0.1) is 23.0 Å². The molecule has 130 valence electrons. The number of hydrogen-bond acceptors (Lipinski definition) is 6. The molecule has 0 fully saturated rings. The summed E-state index contributed by atoms with van der Waals surface area (Å²) in [4.78, 5) is 7.85. The molecule has 0 bridgehead atoms. The van der Waals surface area contributed by atoms with E-state index < -0.39 is 11.6 Å². The van der Waals surface area contributed by atoms with E-state index in [1.165, 1.54) is 0 Å². The predicted octanol–water partition coefficient (Wildman–Crippen LogP) is 3.04. The van der Waals surface area contributed by atoms with Crippen molar-refractivity contribution >= 4 is 11.8 Å². The molecular formula is C18H13F2N5O. The number of aromatic nitrogens is 2. The zero-order valence-electron chi connectivity index (χ0n) is 13.4. The van der Waals surface area contributed by atoms with E-state index in [0.29, 0.717) is 16.8 Å². The van der Waals surface area contributed by atoms with Crippen LogP contribution in [-0.2, 0) is 6.61 Å². The fraction of sp³-hybridized carbons (Fsp3) is 0.0556. The molecule has 0 aliphatic carbocycles. The maximum Gasteiger partial charge on any atom is 0.222 e. The molecule has 0 spiro atoms. The topological polar surface area (TPSA) is 111 Å². The van der Waals surface area contributed by atoms with Crippen LogP contribution in [0.25, 0.3) is 11.3 Å². The largest absolute Gasteiger partial charge is 0.489 e. The molecule has 0 saturated heterocycles. The molecule has 0 unspecified atom stereocenters. The molecule has 0 amide bonds. The van der Waals surface area contributed by atoms with Gasteiger partial charge in [-0.2, -0.15) is 10.2 Å². The molecule has 0 atom stereocenters. The van der Waals surface area contributed by atoms with Gasteiger partial charge in [0, 0.05) is 23.8 Å². The van der Waals surface area contributed by atoms with E-state index in [4.69, 9.17) is 16.2 Å². The fourth-order valence-corrected chi connectivity index (χ4v) is 2.40. The monoisotopic (exact) mass is 353 g/mol. The number of rotatable bonds is 4. The van der Waals surface area contributed by atoms with Crippen LogP contribution in [0.2, 0.25) is 0 Å². The van der Waals surface area contributed by atoms with E-state index in [2.05, 4.69) is 9.97 Å². The maximum absolute atomic E-state index is 13.2. The lowest BCUT2D eigenvalue weighted by Gasteiger charge is -2.10. The zero-order chi connectivity index (χ0) is 18.7. The highest BCUT2D eigenvalue weighted by molar-refractivity contribution is 5.73. The second-order valence-electron chi connectivity index (χ2n) is 5.40. The van der Waals surface area contributed by atoms with Crippen LogP contribution in [0.15, 0.2) is 42.5 Å². The van der Waals surface area contributed by atoms with Crippen LogP contribution in [-0.4, -0.2) is 9.97 Å². The number of nitrogens with two attached hydrogens (primary N) is 2. The second-order valence-corrected chi connectivity index (χ2v) is 5.40. The lowest BCUT2D eigenvalue weighted by Crippen LogP contribution is -2.05. The van der Waals surface area contributed by atoms with Crippen molar-refractivity contribution in [3.8, 4) is 23.1 Å². The van der Waals surface area contributed by atoms with E-state index in [0.717, 1.165) is 18.2 Å². The molecule has 8 heteroatoms. The average molecular weight is 353 g/mol. The van der Waals surface area contributed by atoms with Gasteiger partial charge in [0.05, 0.1) is 5.69 Å². The molecule has 0 saturated carbocycles. The van der Waals surface area contributed by atoms with Crippen LogP contribution in [0.4, 0.5) is 20.5 Å². The lowest BCUT2D eigenvalue weighted by atomic mass is 10.0. The van der Waals surface area contributed by atoms with Crippen LogP contribution >= 0.6 is 0 Å². The number of anilines is 2. The molecule has 0 aliphatic heterocycles. The highest BCUT2D eigenvalue weighted by Crippen LogP contribution is 2.26. The minimum Gasteiger partial charge on any atom is -0.489 e. The Kier molecular flexibility index (Phi) is 4.62. The lowest BCUT2D eigenvalue weighted by molar-refractivity contribution is 0.302. The highest BCUT2D eigenvalue weighted by Gasteiger charge is 2.13. The van der Waals surface area contributed by atoms with E-state index in [-0.39, 0.29) is 29.7 Å². The van der Waals surface area contributed by atoms with Gasteiger partial charge in [-0.1, -0.05) is 18.2 Å². The van der Waals surface area contributed by atoms with Gasteiger partial charge < -0.3 is 16.2 Å². The molecule has 1 aromatic heterocycles. The third kappa shape index (κ3) is 3.67. The molecule has 0 radical (unpaired) electrons. The van der Waals surface area contributed by atoms with Gasteiger partial charge in [-0.3, -0.25) is 0 Å². The average Bonchev–Trinajstić information content (AvgIpc) is 2.59. The van der Waals surface area contributed by atoms with Crippen molar-refractivity contribution in [3.63, 3.8) is 0 Å². The van der Waals surface area contributed by atoms with Gasteiger partial charge in [0.15, 0.2) is 0 Å². The molecule has 3 rings (SSSR count). The number of nitrogen functional groups attached to an aromatic ring is 2. The molecule has 26 heavy (non-hydrogen) atoms. The normalized spacial score (nSPS) is 10.3. The van der Waals surface area contributed by atoms with Crippen molar-refractivity contribution in [1.82, 2.24) is 9.97 Å². The Bertz CT molecular complexity index is 997. The van der Waals surface area contributed by atoms with E-state index >= 15 is 0 Å². The van der Waals surface area contributed by atoms with Crippen molar-refractivity contribution in [3.05, 3.63) is 65.2 Å². The van der Waals surface area contributed by atoms with Crippen LogP contribution in [0.5, 0.6) is 5.75 Å². The smallest absolute Gasteiger partial charge is 0.222 e. The number of ether oxygens (including phenoxy) is 1. The van der Waals surface area contributed by atoms with Crippen molar-refractivity contribution < 1.29 is 13.5 Å². The number of hydrogen-bond donors (Lipinski definition) is 2. The summed E-state index contributed by atoms with van der Waals surface area (Å²) in [5.41, 5.74) is 13.0. The standard InChI is InChI=1S/C18H13F2N5O/c19-12-5-13(20)7-14(6-12)26-9-10-2-1-3-11(4-10)16-15(8-21)17(22)25-18(23)24-16/h1-7H,9H2,(H4,22,23,24,25). The first kappa shape index (κ1) is 17.1. The number of halogens is 2. The first-order chi connectivity index (χ1) is 12.5. The molecule has 6 nitrogen and oxygen atoms in total. The Morgan fingerprint density at radius 1 is 1.04 bits per heavy atom. The molecule has 0 aliphatic rings. The van der Waals surface area contributed by atoms with Crippen LogP contribution < -0.4 is 16.2 Å². The van der Waals surface area contributed by atoms with Gasteiger partial charge in [0.1, 0.15) is 41.4 Å². The van der Waals surface area contributed by atoms with Gasteiger partial charge in [0.2, 0.25) is 5.95 Å². The minimum absolute atomic E-state index is 0.00751. The molecule has 2 aromatic carbocycles. The minimum atomic E-state index is -0.723. The number of nitriles is 1. The van der Waals surface area contributed by atoms with Gasteiger partial charge in [-0.05, 0) is 11.6 Å². The van der Waals surface area contributed by atoms with Gasteiger partial charge >= 0.3 is 0 Å². The fourth-order valence-electron chi connectivity index (χ4n) is 2.40. The number of nitrogens with zero attached hydrogens (tertiary/aromatic N) is 3. The highest BCUT2D eigenvalue weighted by atomic mass is 19.1. The van der Waals surface area contributed by atoms with E-state index in [1.54, 1.807) is 24.3 Å². The summed E-state index contributed by atoms with van der Waals surface area (Å²) in [5.74, 6) is -1.43. The maximum atomic E-state index is 13.2. The molecule has 3 aromatic rings. The molecule has 4 N–H and O–H groups in total. The summed E-state index contributed by atoms with van der Waals surface area (Å²) >= 11 is 0. The Balaban J connectivity index is 1.89. The quantitative estimate of drug-likeness (QED) is 0.746. The van der Waals surface area contributed by atoms with Crippen molar-refractivity contribution in [2.24, 2.45) is 0 Å². The van der Waals surface area contributed by atoms with Gasteiger partial charge in [-0.15, -0.1) is 0 Å². The summed E-state index contributed by atoms with van der Waals surface area (Å²) < 4.78 is 31.8. The van der Waals surface area contributed by atoms with E-state index in [1.807, 2.05) is 6.07 Å². The summed E-state index contributed by atoms with van der Waals surface area (Å²) in [6.45, 7) is 0.0642. The first-order valence-electron chi connectivity index (χ1n) is 7.47. The second kappa shape index (κ2) is 7.03. The van der Waals surface area contributed by atoms with Crippen molar-refractivity contribution in [2.75, 3.05) is 11.5 Å². The first-order valence-corrected chi connectivity index (χ1v) is 7.47. The zero-order valence-corrected chi connectivity index (χ0v) is 13.4. The van der Waals surface area contributed by atoms with Gasteiger partial charge in [-0.25, -0.2) is 13.8 Å². The SMILES string of the molecule is N#Cc1c(N)nc(N)nc1-c1cccc(COc2cc(F)cc(F)c2)c1. The summed E-state index contributed by atoms with van der Waals surface area (Å²) in [5, 5.41) is 9.28. The van der Waals surface area contributed by atoms with E-state index in [9.17, 15) is 14.0 Å². The van der Waals surface area contributed by atoms with Crippen molar-refractivity contribution in [1.29, 1.82) is 5.26 Å². The molecular weight excluding hydrogens is 340 g/mol.